The number of anilines is 1. The van der Waals surface area contributed by atoms with E-state index < -0.39 is 0 Å². The molecule has 0 bridgehead atoms. The molecular weight excluding hydrogens is 228 g/mol. The van der Waals surface area contributed by atoms with Gasteiger partial charge in [0, 0.05) is 23.5 Å². The molecule has 1 aromatic carbocycles. The number of nitrogens with zero attached hydrogens (tertiary/aromatic N) is 1. The smallest absolute Gasteiger partial charge is 0.182 e. The molecule has 1 N–H and O–H groups in total. The van der Waals surface area contributed by atoms with Gasteiger partial charge in [-0.25, -0.2) is 4.98 Å². The van der Waals surface area contributed by atoms with Gasteiger partial charge in [0.2, 0.25) is 0 Å². The van der Waals surface area contributed by atoms with Crippen LogP contribution in [0, 0.1) is 6.92 Å². The molecule has 0 radical (unpaired) electrons. The maximum atomic E-state index is 4.32. The number of benzene rings is 1. The fourth-order valence-corrected chi connectivity index (χ4v) is 2.54. The fourth-order valence-electron chi connectivity index (χ4n) is 1.87. The maximum Gasteiger partial charge on any atom is 0.182 e. The summed E-state index contributed by atoms with van der Waals surface area (Å²) < 4.78 is 0. The molecule has 1 heterocycles. The molecule has 0 saturated carbocycles. The van der Waals surface area contributed by atoms with Crippen LogP contribution in [0.5, 0.6) is 0 Å². The Bertz CT molecular complexity index is 450. The highest BCUT2D eigenvalue weighted by Gasteiger charge is 2.09. The van der Waals surface area contributed by atoms with Gasteiger partial charge in [-0.2, -0.15) is 0 Å². The van der Waals surface area contributed by atoms with E-state index >= 15 is 0 Å². The molecular formula is C14H18N2S. The zero-order chi connectivity index (χ0) is 12.1. The zero-order valence-corrected chi connectivity index (χ0v) is 11.1. The van der Waals surface area contributed by atoms with E-state index in [2.05, 4.69) is 54.5 Å². The van der Waals surface area contributed by atoms with Crippen LogP contribution in [0.4, 0.5) is 5.13 Å². The number of rotatable bonds is 5. The summed E-state index contributed by atoms with van der Waals surface area (Å²) in [4.78, 5) is 5.57. The third kappa shape index (κ3) is 3.30. The van der Waals surface area contributed by atoms with Gasteiger partial charge in [-0.15, -0.1) is 11.3 Å². The van der Waals surface area contributed by atoms with Crippen molar-refractivity contribution in [3.05, 3.63) is 47.0 Å². The Kier molecular flexibility index (Phi) is 4.15. The number of aryl methyl sites for hydroxylation is 1. The van der Waals surface area contributed by atoms with Gasteiger partial charge in [0.25, 0.3) is 0 Å². The summed E-state index contributed by atoms with van der Waals surface area (Å²) in [5.74, 6) is 0.556. The normalized spacial score (nSPS) is 12.4. The molecule has 1 atom stereocenters. The van der Waals surface area contributed by atoms with Crippen LogP contribution in [0.15, 0.2) is 36.5 Å². The van der Waals surface area contributed by atoms with Crippen LogP contribution < -0.4 is 5.32 Å². The van der Waals surface area contributed by atoms with Crippen molar-refractivity contribution in [1.82, 2.24) is 4.98 Å². The highest BCUT2D eigenvalue weighted by molar-refractivity contribution is 7.15. The first kappa shape index (κ1) is 12.1. The van der Waals surface area contributed by atoms with Crippen molar-refractivity contribution in [3.63, 3.8) is 0 Å². The summed E-state index contributed by atoms with van der Waals surface area (Å²) in [7, 11) is 0. The van der Waals surface area contributed by atoms with E-state index in [1.54, 1.807) is 11.3 Å². The highest BCUT2D eigenvalue weighted by Crippen LogP contribution is 2.22. The predicted octanol–water partition coefficient (Wildman–Crippen LogP) is 4.06. The Balaban J connectivity index is 1.97. The molecule has 0 amide bonds. The van der Waals surface area contributed by atoms with Crippen molar-refractivity contribution in [1.29, 1.82) is 0 Å². The average molecular weight is 246 g/mol. The third-order valence-electron chi connectivity index (χ3n) is 2.88. The van der Waals surface area contributed by atoms with Crippen LogP contribution >= 0.6 is 11.3 Å². The second-order valence-corrected chi connectivity index (χ2v) is 5.41. The van der Waals surface area contributed by atoms with Gasteiger partial charge in [0.05, 0.1) is 0 Å². The Morgan fingerprint density at radius 3 is 2.65 bits per heavy atom. The molecule has 2 nitrogen and oxygen atoms in total. The molecule has 2 aromatic rings. The minimum absolute atomic E-state index is 0.556. The van der Waals surface area contributed by atoms with Crippen LogP contribution in [0.1, 0.15) is 29.7 Å². The lowest BCUT2D eigenvalue weighted by Crippen LogP contribution is -2.11. The van der Waals surface area contributed by atoms with Gasteiger partial charge in [0.15, 0.2) is 5.13 Å². The molecule has 0 spiro atoms. The molecule has 3 heteroatoms. The summed E-state index contributed by atoms with van der Waals surface area (Å²) in [6.07, 6.45) is 3.05. The number of nitrogens with one attached hydrogen (secondary N) is 1. The second kappa shape index (κ2) is 5.82. The third-order valence-corrected chi connectivity index (χ3v) is 3.76. The lowest BCUT2D eigenvalue weighted by molar-refractivity contribution is 0.695. The van der Waals surface area contributed by atoms with E-state index in [0.29, 0.717) is 5.92 Å². The Morgan fingerprint density at radius 2 is 2.06 bits per heavy atom. The molecule has 1 unspecified atom stereocenters. The van der Waals surface area contributed by atoms with E-state index in [4.69, 9.17) is 0 Å². The summed E-state index contributed by atoms with van der Waals surface area (Å²) in [6.45, 7) is 5.26. The fraction of sp³-hybridized carbons (Fsp3) is 0.357. The van der Waals surface area contributed by atoms with Crippen molar-refractivity contribution in [2.45, 2.75) is 26.2 Å². The van der Waals surface area contributed by atoms with Crippen LogP contribution in [0.25, 0.3) is 0 Å². The standard InChI is InChI=1S/C14H18N2S/c1-3-12(13-7-5-4-6-8-13)10-16-14-15-9-11(2)17-14/h4-9,12H,3,10H2,1-2H3,(H,15,16). The summed E-state index contributed by atoms with van der Waals surface area (Å²) in [5, 5.41) is 4.45. The van der Waals surface area contributed by atoms with E-state index in [1.807, 2.05) is 6.20 Å². The lowest BCUT2D eigenvalue weighted by Gasteiger charge is -2.15. The van der Waals surface area contributed by atoms with E-state index in [-0.39, 0.29) is 0 Å². The zero-order valence-electron chi connectivity index (χ0n) is 10.3. The van der Waals surface area contributed by atoms with Gasteiger partial charge in [0.1, 0.15) is 0 Å². The Hall–Kier alpha value is -1.35. The monoisotopic (exact) mass is 246 g/mol. The molecule has 0 aliphatic heterocycles. The van der Waals surface area contributed by atoms with Gasteiger partial charge in [-0.05, 0) is 18.9 Å². The van der Waals surface area contributed by atoms with Crippen LogP contribution in [-0.2, 0) is 0 Å². The number of hydrogen-bond donors (Lipinski definition) is 1. The first-order valence-electron chi connectivity index (χ1n) is 6.01. The molecule has 2 rings (SSSR count). The topological polar surface area (TPSA) is 24.9 Å². The van der Waals surface area contributed by atoms with E-state index in [9.17, 15) is 0 Å². The summed E-state index contributed by atoms with van der Waals surface area (Å²) in [5.41, 5.74) is 1.40. The molecule has 0 aliphatic rings. The summed E-state index contributed by atoms with van der Waals surface area (Å²) >= 11 is 1.71. The molecule has 17 heavy (non-hydrogen) atoms. The van der Waals surface area contributed by atoms with Gasteiger partial charge in [-0.3, -0.25) is 0 Å². The number of thiazole rings is 1. The molecule has 1 aromatic heterocycles. The van der Waals surface area contributed by atoms with Crippen molar-refractivity contribution < 1.29 is 0 Å². The van der Waals surface area contributed by atoms with Crippen molar-refractivity contribution in [2.75, 3.05) is 11.9 Å². The minimum Gasteiger partial charge on any atom is -0.361 e. The maximum absolute atomic E-state index is 4.32. The minimum atomic E-state index is 0.556. The number of aromatic nitrogens is 1. The van der Waals surface area contributed by atoms with Crippen molar-refractivity contribution in [2.24, 2.45) is 0 Å². The lowest BCUT2D eigenvalue weighted by atomic mass is 9.97. The largest absolute Gasteiger partial charge is 0.361 e. The molecule has 90 valence electrons. The second-order valence-electron chi connectivity index (χ2n) is 4.17. The van der Waals surface area contributed by atoms with E-state index in [1.165, 1.54) is 10.4 Å². The first-order valence-corrected chi connectivity index (χ1v) is 6.82. The van der Waals surface area contributed by atoms with Crippen LogP contribution in [0.3, 0.4) is 0 Å². The first-order chi connectivity index (χ1) is 8.29. The number of hydrogen-bond acceptors (Lipinski definition) is 3. The van der Waals surface area contributed by atoms with Crippen molar-refractivity contribution in [3.8, 4) is 0 Å². The van der Waals surface area contributed by atoms with Gasteiger partial charge >= 0.3 is 0 Å². The predicted molar refractivity (Wildman–Crippen MR) is 74.8 cm³/mol. The molecule has 0 aliphatic carbocycles. The average Bonchev–Trinajstić information content (AvgIpc) is 2.77. The summed E-state index contributed by atoms with van der Waals surface area (Å²) in [6, 6.07) is 10.7. The van der Waals surface area contributed by atoms with Crippen LogP contribution in [-0.4, -0.2) is 11.5 Å². The van der Waals surface area contributed by atoms with Crippen molar-refractivity contribution >= 4 is 16.5 Å². The van der Waals surface area contributed by atoms with Crippen LogP contribution in [0.2, 0.25) is 0 Å². The molecule has 0 saturated heterocycles. The van der Waals surface area contributed by atoms with E-state index in [0.717, 1.165) is 18.1 Å². The van der Waals surface area contributed by atoms with Gasteiger partial charge < -0.3 is 5.32 Å². The SMILES string of the molecule is CCC(CNc1ncc(C)s1)c1ccccc1. The molecule has 0 fully saturated rings. The highest BCUT2D eigenvalue weighted by atomic mass is 32.1. The Labute approximate surface area is 107 Å². The quantitative estimate of drug-likeness (QED) is 0.860. The Morgan fingerprint density at radius 1 is 1.29 bits per heavy atom. The van der Waals surface area contributed by atoms with Gasteiger partial charge in [-0.1, -0.05) is 37.3 Å².